The summed E-state index contributed by atoms with van der Waals surface area (Å²) in [5, 5.41) is 10.5. The molecule has 1 aliphatic rings. The Morgan fingerprint density at radius 2 is 1.85 bits per heavy atom. The number of aryl methyl sites for hydroxylation is 1. The van der Waals surface area contributed by atoms with Gasteiger partial charge < -0.3 is 5.11 Å². The summed E-state index contributed by atoms with van der Waals surface area (Å²) in [6.45, 7) is 3.04. The van der Waals surface area contributed by atoms with E-state index < -0.39 is 6.10 Å². The molecule has 0 unspecified atom stereocenters. The number of hydrogen-bond donors (Lipinski definition) is 1. The Morgan fingerprint density at radius 1 is 1.15 bits per heavy atom. The van der Waals surface area contributed by atoms with E-state index >= 15 is 0 Å². The summed E-state index contributed by atoms with van der Waals surface area (Å²) in [6.07, 6.45) is 0.338. The van der Waals surface area contributed by atoms with Gasteiger partial charge in [0.25, 0.3) is 0 Å². The normalized spacial score (nSPS) is 19.9. The van der Waals surface area contributed by atoms with E-state index in [1.807, 2.05) is 12.1 Å². The molecule has 0 saturated heterocycles. The minimum Gasteiger partial charge on any atom is -0.388 e. The van der Waals surface area contributed by atoms with Gasteiger partial charge in [-0.1, -0.05) is 54.1 Å². The van der Waals surface area contributed by atoms with Crippen LogP contribution < -0.4 is 0 Å². The van der Waals surface area contributed by atoms with Gasteiger partial charge in [0.05, 0.1) is 6.10 Å². The molecule has 1 aliphatic heterocycles. The van der Waals surface area contributed by atoms with Crippen LogP contribution in [0.1, 0.15) is 40.8 Å². The average molecular weight is 267 g/mol. The Labute approximate surface area is 120 Å². The smallest absolute Gasteiger partial charge is 0.0808 e. The quantitative estimate of drug-likeness (QED) is 0.918. The van der Waals surface area contributed by atoms with Gasteiger partial charge in [0, 0.05) is 12.6 Å². The second-order valence-electron chi connectivity index (χ2n) is 5.79. The van der Waals surface area contributed by atoms with Crippen molar-refractivity contribution in [1.82, 2.24) is 4.90 Å². The van der Waals surface area contributed by atoms with E-state index in [9.17, 15) is 5.11 Å². The van der Waals surface area contributed by atoms with Crippen molar-refractivity contribution in [3.05, 3.63) is 70.8 Å². The van der Waals surface area contributed by atoms with Crippen LogP contribution in [0.3, 0.4) is 0 Å². The molecular formula is C18H21NO. The molecule has 2 aromatic carbocycles. The zero-order valence-electron chi connectivity index (χ0n) is 12.1. The fourth-order valence-electron chi connectivity index (χ4n) is 3.06. The molecule has 2 heteroatoms. The first kappa shape index (κ1) is 13.3. The van der Waals surface area contributed by atoms with Crippen molar-refractivity contribution in [2.45, 2.75) is 32.0 Å². The standard InChI is InChI=1S/C18H21NO/c1-13-7-9-14(10-8-13)18(20)11-17-16-6-4-3-5-15(16)12-19(17)2/h3-10,17-18,20H,11-12H2,1-2H3/t17-,18-/m0/s1. The predicted molar refractivity (Wildman–Crippen MR) is 81.4 cm³/mol. The fraction of sp³-hybridized carbons (Fsp3) is 0.333. The third kappa shape index (κ3) is 2.49. The Hall–Kier alpha value is -1.64. The minimum absolute atomic E-state index is 0.308. The van der Waals surface area contributed by atoms with Gasteiger partial charge in [-0.2, -0.15) is 0 Å². The van der Waals surface area contributed by atoms with Crippen LogP contribution in [0.15, 0.2) is 48.5 Å². The lowest BCUT2D eigenvalue weighted by Gasteiger charge is -2.23. The summed E-state index contributed by atoms with van der Waals surface area (Å²) < 4.78 is 0. The van der Waals surface area contributed by atoms with Gasteiger partial charge in [0.2, 0.25) is 0 Å². The van der Waals surface area contributed by atoms with E-state index in [-0.39, 0.29) is 0 Å². The summed E-state index contributed by atoms with van der Waals surface area (Å²) in [5.74, 6) is 0. The van der Waals surface area contributed by atoms with Gasteiger partial charge in [0.15, 0.2) is 0 Å². The maximum absolute atomic E-state index is 10.5. The molecule has 0 aliphatic carbocycles. The summed E-state index contributed by atoms with van der Waals surface area (Å²) in [5.41, 5.74) is 4.98. The van der Waals surface area contributed by atoms with Gasteiger partial charge in [-0.05, 0) is 37.1 Å². The summed E-state index contributed by atoms with van der Waals surface area (Å²) >= 11 is 0. The molecule has 3 rings (SSSR count). The second kappa shape index (κ2) is 5.39. The highest BCUT2D eigenvalue weighted by Crippen LogP contribution is 2.38. The van der Waals surface area contributed by atoms with Crippen LogP contribution in [0, 0.1) is 6.92 Å². The Morgan fingerprint density at radius 3 is 2.60 bits per heavy atom. The first-order valence-electron chi connectivity index (χ1n) is 7.18. The van der Waals surface area contributed by atoms with E-state index in [4.69, 9.17) is 0 Å². The largest absolute Gasteiger partial charge is 0.388 e. The first-order valence-corrected chi connectivity index (χ1v) is 7.18. The zero-order valence-corrected chi connectivity index (χ0v) is 12.1. The molecule has 20 heavy (non-hydrogen) atoms. The van der Waals surface area contributed by atoms with Crippen LogP contribution in [-0.2, 0) is 6.54 Å². The van der Waals surface area contributed by atoms with Crippen LogP contribution in [0.2, 0.25) is 0 Å². The Bertz CT molecular complexity index is 591. The molecule has 0 saturated carbocycles. The highest BCUT2D eigenvalue weighted by molar-refractivity contribution is 5.34. The summed E-state index contributed by atoms with van der Waals surface area (Å²) in [6, 6.07) is 17.0. The number of fused-ring (bicyclic) bond motifs is 1. The summed E-state index contributed by atoms with van der Waals surface area (Å²) in [4.78, 5) is 2.32. The molecule has 1 N–H and O–H groups in total. The van der Waals surface area contributed by atoms with Crippen LogP contribution in [0.4, 0.5) is 0 Å². The van der Waals surface area contributed by atoms with Crippen LogP contribution >= 0.6 is 0 Å². The molecule has 0 radical (unpaired) electrons. The first-order chi connectivity index (χ1) is 9.65. The van der Waals surface area contributed by atoms with Crippen molar-refractivity contribution in [3.63, 3.8) is 0 Å². The molecule has 0 fully saturated rings. The highest BCUT2D eigenvalue weighted by Gasteiger charge is 2.29. The van der Waals surface area contributed by atoms with Crippen LogP contribution in [0.5, 0.6) is 0 Å². The molecule has 2 atom stereocenters. The molecule has 0 spiro atoms. The number of hydrogen-bond acceptors (Lipinski definition) is 2. The molecule has 104 valence electrons. The molecular weight excluding hydrogens is 246 g/mol. The fourth-order valence-corrected chi connectivity index (χ4v) is 3.06. The molecule has 0 aromatic heterocycles. The van der Waals surface area contributed by atoms with Crippen molar-refractivity contribution in [2.75, 3.05) is 7.05 Å². The molecule has 2 nitrogen and oxygen atoms in total. The van der Waals surface area contributed by atoms with Crippen molar-refractivity contribution in [2.24, 2.45) is 0 Å². The Kier molecular flexibility index (Phi) is 3.60. The number of nitrogens with zero attached hydrogens (tertiary/aromatic N) is 1. The van der Waals surface area contributed by atoms with E-state index in [1.54, 1.807) is 0 Å². The maximum Gasteiger partial charge on any atom is 0.0808 e. The average Bonchev–Trinajstić information content (AvgIpc) is 2.76. The third-order valence-corrected chi connectivity index (χ3v) is 4.27. The molecule has 0 bridgehead atoms. The lowest BCUT2D eigenvalue weighted by molar-refractivity contribution is 0.120. The number of aliphatic hydroxyl groups is 1. The summed E-state index contributed by atoms with van der Waals surface area (Å²) in [7, 11) is 2.13. The van der Waals surface area contributed by atoms with Crippen molar-refractivity contribution >= 4 is 0 Å². The lowest BCUT2D eigenvalue weighted by atomic mass is 9.96. The van der Waals surface area contributed by atoms with Gasteiger partial charge >= 0.3 is 0 Å². The number of aliphatic hydroxyl groups excluding tert-OH is 1. The van der Waals surface area contributed by atoms with Gasteiger partial charge in [-0.3, -0.25) is 4.90 Å². The van der Waals surface area contributed by atoms with Crippen molar-refractivity contribution in [1.29, 1.82) is 0 Å². The monoisotopic (exact) mass is 267 g/mol. The topological polar surface area (TPSA) is 23.5 Å². The maximum atomic E-state index is 10.5. The molecule has 0 amide bonds. The lowest BCUT2D eigenvalue weighted by Crippen LogP contribution is -2.19. The van der Waals surface area contributed by atoms with Gasteiger partial charge in [-0.15, -0.1) is 0 Å². The molecule has 1 heterocycles. The highest BCUT2D eigenvalue weighted by atomic mass is 16.3. The van der Waals surface area contributed by atoms with Crippen LogP contribution in [-0.4, -0.2) is 17.1 Å². The van der Waals surface area contributed by atoms with Crippen molar-refractivity contribution < 1.29 is 5.11 Å². The number of benzene rings is 2. The van der Waals surface area contributed by atoms with E-state index in [0.717, 1.165) is 18.5 Å². The van der Waals surface area contributed by atoms with Crippen LogP contribution in [0.25, 0.3) is 0 Å². The molecule has 2 aromatic rings. The van der Waals surface area contributed by atoms with E-state index in [0.29, 0.717) is 6.04 Å². The van der Waals surface area contributed by atoms with Crippen molar-refractivity contribution in [3.8, 4) is 0 Å². The number of rotatable bonds is 3. The zero-order chi connectivity index (χ0) is 14.1. The van der Waals surface area contributed by atoms with Gasteiger partial charge in [0.1, 0.15) is 0 Å². The Balaban J connectivity index is 1.79. The van der Waals surface area contributed by atoms with E-state index in [1.165, 1.54) is 16.7 Å². The second-order valence-corrected chi connectivity index (χ2v) is 5.79. The minimum atomic E-state index is -0.408. The van der Waals surface area contributed by atoms with Gasteiger partial charge in [-0.25, -0.2) is 0 Å². The third-order valence-electron chi connectivity index (χ3n) is 4.27. The SMILES string of the molecule is Cc1ccc([C@@H](O)C[C@H]2c3ccccc3CN2C)cc1. The predicted octanol–water partition coefficient (Wildman–Crippen LogP) is 3.61. The van der Waals surface area contributed by atoms with E-state index in [2.05, 4.69) is 55.3 Å².